The number of esters is 1. The summed E-state index contributed by atoms with van der Waals surface area (Å²) < 4.78 is 18.2. The van der Waals surface area contributed by atoms with Crippen LogP contribution in [0, 0.1) is 15.9 Å². The SMILES string of the molecule is O=C(COC(=O)c1csc(NCc2ccccc2)n1)Nc1ccc(F)c([N+](=O)[O-])c1. The molecular formula is C19H15FN4O5S. The van der Waals surface area contributed by atoms with E-state index in [1.807, 2.05) is 30.3 Å². The Kier molecular flexibility index (Phi) is 6.65. The van der Waals surface area contributed by atoms with Crippen molar-refractivity contribution in [2.75, 3.05) is 17.2 Å². The smallest absolute Gasteiger partial charge is 0.358 e. The van der Waals surface area contributed by atoms with Gasteiger partial charge in [0.2, 0.25) is 5.82 Å². The zero-order chi connectivity index (χ0) is 21.5. The zero-order valence-electron chi connectivity index (χ0n) is 15.3. The third kappa shape index (κ3) is 5.58. The Balaban J connectivity index is 1.49. The molecule has 0 saturated carbocycles. The Morgan fingerprint density at radius 2 is 1.97 bits per heavy atom. The van der Waals surface area contributed by atoms with Crippen molar-refractivity contribution in [1.82, 2.24) is 4.98 Å². The van der Waals surface area contributed by atoms with Gasteiger partial charge >= 0.3 is 11.7 Å². The predicted molar refractivity (Wildman–Crippen MR) is 108 cm³/mol. The Bertz CT molecular complexity index is 1070. The fourth-order valence-electron chi connectivity index (χ4n) is 2.35. The third-order valence-corrected chi connectivity index (χ3v) is 4.56. The van der Waals surface area contributed by atoms with Gasteiger partial charge in [-0.15, -0.1) is 11.3 Å². The van der Waals surface area contributed by atoms with Gasteiger partial charge < -0.3 is 15.4 Å². The fraction of sp³-hybridized carbons (Fsp3) is 0.105. The Hall–Kier alpha value is -3.86. The lowest BCUT2D eigenvalue weighted by Gasteiger charge is -2.06. The van der Waals surface area contributed by atoms with Crippen LogP contribution in [0.4, 0.5) is 20.9 Å². The third-order valence-electron chi connectivity index (χ3n) is 3.76. The maximum atomic E-state index is 13.3. The molecule has 1 aromatic heterocycles. The summed E-state index contributed by atoms with van der Waals surface area (Å²) in [6, 6.07) is 12.5. The van der Waals surface area contributed by atoms with Crippen LogP contribution in [0.3, 0.4) is 0 Å². The number of carbonyl (C=O) groups is 2. The summed E-state index contributed by atoms with van der Waals surface area (Å²) in [6.45, 7) is -0.0939. The van der Waals surface area contributed by atoms with Crippen LogP contribution >= 0.6 is 11.3 Å². The van der Waals surface area contributed by atoms with Crippen molar-refractivity contribution in [3.8, 4) is 0 Å². The van der Waals surface area contributed by atoms with E-state index in [2.05, 4.69) is 15.6 Å². The molecule has 1 amide bonds. The van der Waals surface area contributed by atoms with Crippen LogP contribution in [0.2, 0.25) is 0 Å². The number of nitro groups is 1. The number of aromatic nitrogens is 1. The van der Waals surface area contributed by atoms with Crippen LogP contribution in [0.25, 0.3) is 0 Å². The largest absolute Gasteiger partial charge is 0.451 e. The minimum absolute atomic E-state index is 0.00482. The van der Waals surface area contributed by atoms with E-state index in [4.69, 9.17) is 4.74 Å². The first-order chi connectivity index (χ1) is 14.4. The van der Waals surface area contributed by atoms with E-state index in [0.29, 0.717) is 11.7 Å². The van der Waals surface area contributed by atoms with E-state index >= 15 is 0 Å². The summed E-state index contributed by atoms with van der Waals surface area (Å²) in [6.07, 6.45) is 0. The highest BCUT2D eigenvalue weighted by molar-refractivity contribution is 7.13. The number of thiazole rings is 1. The summed E-state index contributed by atoms with van der Waals surface area (Å²) in [5.41, 5.74) is 0.323. The highest BCUT2D eigenvalue weighted by Crippen LogP contribution is 2.21. The second-order valence-electron chi connectivity index (χ2n) is 5.92. The fourth-order valence-corrected chi connectivity index (χ4v) is 3.03. The maximum Gasteiger partial charge on any atom is 0.358 e. The molecule has 2 N–H and O–H groups in total. The molecule has 0 aliphatic rings. The molecule has 0 bridgehead atoms. The number of hydrogen-bond donors (Lipinski definition) is 2. The lowest BCUT2D eigenvalue weighted by molar-refractivity contribution is -0.387. The van der Waals surface area contributed by atoms with Gasteiger partial charge in [0.05, 0.1) is 4.92 Å². The van der Waals surface area contributed by atoms with Crippen molar-refractivity contribution in [3.63, 3.8) is 0 Å². The summed E-state index contributed by atoms with van der Waals surface area (Å²) in [5.74, 6) is -2.55. The number of hydrogen-bond acceptors (Lipinski definition) is 8. The van der Waals surface area contributed by atoms with Gasteiger partial charge in [0.25, 0.3) is 5.91 Å². The number of amides is 1. The molecule has 9 nitrogen and oxygen atoms in total. The van der Waals surface area contributed by atoms with Gasteiger partial charge in [0.15, 0.2) is 17.4 Å². The van der Waals surface area contributed by atoms with E-state index in [-0.39, 0.29) is 11.4 Å². The van der Waals surface area contributed by atoms with Crippen LogP contribution in [-0.4, -0.2) is 28.4 Å². The van der Waals surface area contributed by atoms with Gasteiger partial charge in [-0.2, -0.15) is 4.39 Å². The second kappa shape index (κ2) is 9.56. The molecule has 0 unspecified atom stereocenters. The van der Waals surface area contributed by atoms with Crippen LogP contribution in [0.15, 0.2) is 53.9 Å². The monoisotopic (exact) mass is 430 g/mol. The van der Waals surface area contributed by atoms with Crippen molar-refractivity contribution in [2.45, 2.75) is 6.54 Å². The number of carbonyl (C=O) groups excluding carboxylic acids is 2. The first kappa shape index (κ1) is 20.9. The molecular weight excluding hydrogens is 415 g/mol. The van der Waals surface area contributed by atoms with Crippen molar-refractivity contribution in [3.05, 3.63) is 81.1 Å². The molecule has 0 atom stereocenters. The topological polar surface area (TPSA) is 123 Å². The van der Waals surface area contributed by atoms with Crippen molar-refractivity contribution in [1.29, 1.82) is 0 Å². The van der Waals surface area contributed by atoms with E-state index in [9.17, 15) is 24.1 Å². The number of halogens is 1. The van der Waals surface area contributed by atoms with Crippen molar-refractivity contribution < 1.29 is 23.6 Å². The molecule has 2 aromatic carbocycles. The number of ether oxygens (including phenoxy) is 1. The molecule has 30 heavy (non-hydrogen) atoms. The quantitative estimate of drug-likeness (QED) is 0.318. The molecule has 3 aromatic rings. The zero-order valence-corrected chi connectivity index (χ0v) is 16.1. The summed E-state index contributed by atoms with van der Waals surface area (Å²) in [4.78, 5) is 37.9. The molecule has 0 spiro atoms. The Morgan fingerprint density at radius 1 is 1.20 bits per heavy atom. The van der Waals surface area contributed by atoms with Gasteiger partial charge in [-0.25, -0.2) is 9.78 Å². The van der Waals surface area contributed by atoms with E-state index in [1.165, 1.54) is 16.7 Å². The van der Waals surface area contributed by atoms with E-state index < -0.39 is 34.9 Å². The number of nitrogens with one attached hydrogen (secondary N) is 2. The Morgan fingerprint density at radius 3 is 2.70 bits per heavy atom. The lowest BCUT2D eigenvalue weighted by atomic mass is 10.2. The molecule has 0 fully saturated rings. The lowest BCUT2D eigenvalue weighted by Crippen LogP contribution is -2.21. The molecule has 0 saturated heterocycles. The highest BCUT2D eigenvalue weighted by atomic mass is 32.1. The normalized spacial score (nSPS) is 10.3. The predicted octanol–water partition coefficient (Wildman–Crippen LogP) is 3.60. The van der Waals surface area contributed by atoms with Gasteiger partial charge in [-0.1, -0.05) is 30.3 Å². The molecule has 3 rings (SSSR count). The van der Waals surface area contributed by atoms with Crippen LogP contribution in [0.1, 0.15) is 16.1 Å². The van der Waals surface area contributed by atoms with Crippen molar-refractivity contribution >= 4 is 39.7 Å². The summed E-state index contributed by atoms with van der Waals surface area (Å²) in [7, 11) is 0. The number of nitrogens with zero attached hydrogens (tertiary/aromatic N) is 2. The molecule has 0 aliphatic heterocycles. The van der Waals surface area contributed by atoms with Crippen LogP contribution in [-0.2, 0) is 16.1 Å². The van der Waals surface area contributed by atoms with Crippen molar-refractivity contribution in [2.24, 2.45) is 0 Å². The van der Waals surface area contributed by atoms with Gasteiger partial charge in [-0.3, -0.25) is 14.9 Å². The average Bonchev–Trinajstić information content (AvgIpc) is 3.21. The molecule has 11 heteroatoms. The van der Waals surface area contributed by atoms with Crippen LogP contribution in [0.5, 0.6) is 0 Å². The summed E-state index contributed by atoms with van der Waals surface area (Å²) >= 11 is 1.22. The van der Waals surface area contributed by atoms with E-state index in [1.54, 1.807) is 0 Å². The molecule has 154 valence electrons. The number of anilines is 2. The van der Waals surface area contributed by atoms with E-state index in [0.717, 1.165) is 23.8 Å². The summed E-state index contributed by atoms with van der Waals surface area (Å²) in [5, 5.41) is 18.1. The molecule has 1 heterocycles. The first-order valence-electron chi connectivity index (χ1n) is 8.56. The minimum atomic E-state index is -1.02. The first-order valence-corrected chi connectivity index (χ1v) is 9.44. The van der Waals surface area contributed by atoms with Gasteiger partial charge in [0.1, 0.15) is 0 Å². The number of rotatable bonds is 8. The second-order valence-corrected chi connectivity index (χ2v) is 6.78. The van der Waals surface area contributed by atoms with Gasteiger partial charge in [0, 0.05) is 23.7 Å². The standard InChI is InChI=1S/C19H15FN4O5S/c20-14-7-6-13(8-16(14)24(27)28)22-17(25)10-29-18(26)15-11-30-19(23-15)21-9-12-4-2-1-3-5-12/h1-8,11H,9-10H2,(H,21,23)(H,22,25). The molecule has 0 aliphatic carbocycles. The number of benzene rings is 2. The number of nitro benzene ring substituents is 1. The maximum absolute atomic E-state index is 13.3. The highest BCUT2D eigenvalue weighted by Gasteiger charge is 2.17. The molecule has 0 radical (unpaired) electrons. The van der Waals surface area contributed by atoms with Gasteiger partial charge in [-0.05, 0) is 17.7 Å². The average molecular weight is 430 g/mol. The Labute approximate surface area is 173 Å². The minimum Gasteiger partial charge on any atom is -0.451 e. The van der Waals surface area contributed by atoms with Crippen LogP contribution < -0.4 is 10.6 Å².